The van der Waals surface area contributed by atoms with E-state index in [0.717, 1.165) is 17.3 Å². The van der Waals surface area contributed by atoms with Crippen molar-refractivity contribution < 1.29 is 0 Å². The maximum absolute atomic E-state index is 4.06. The fourth-order valence-electron chi connectivity index (χ4n) is 2.69. The summed E-state index contributed by atoms with van der Waals surface area (Å²) in [6.45, 7) is 2.32. The maximum Gasteiger partial charge on any atom is 0.0894 e. The first-order chi connectivity index (χ1) is 8.83. The summed E-state index contributed by atoms with van der Waals surface area (Å²) in [7, 11) is 0. The third kappa shape index (κ3) is 2.23. The Hall–Kier alpha value is -1.84. The van der Waals surface area contributed by atoms with E-state index in [2.05, 4.69) is 40.8 Å². The van der Waals surface area contributed by atoms with Crippen molar-refractivity contribution >= 4 is 5.69 Å². The molecule has 1 aromatic heterocycles. The van der Waals surface area contributed by atoms with Crippen molar-refractivity contribution in [2.45, 2.75) is 32.2 Å². The number of aromatic nitrogens is 3. The third-order valence-electron chi connectivity index (χ3n) is 3.63. The predicted octanol–water partition coefficient (Wildman–Crippen LogP) is 2.87. The second kappa shape index (κ2) is 4.80. The molecule has 2 aromatic rings. The van der Waals surface area contributed by atoms with Gasteiger partial charge in [0.2, 0.25) is 0 Å². The van der Waals surface area contributed by atoms with Crippen LogP contribution >= 0.6 is 0 Å². The average Bonchev–Trinajstić information content (AvgIpc) is 3.02. The van der Waals surface area contributed by atoms with Crippen LogP contribution in [0.25, 0.3) is 5.69 Å². The van der Waals surface area contributed by atoms with Crippen LogP contribution in [-0.4, -0.2) is 21.0 Å². The number of benzene rings is 1. The molecular weight excluding hydrogens is 224 g/mol. The number of rotatable bonds is 3. The van der Waals surface area contributed by atoms with Crippen LogP contribution < -0.4 is 5.32 Å². The highest BCUT2D eigenvalue weighted by atomic mass is 15.4. The highest BCUT2D eigenvalue weighted by Crippen LogP contribution is 2.29. The van der Waals surface area contributed by atoms with Crippen LogP contribution in [0.1, 0.15) is 26.2 Å². The Bertz CT molecular complexity index is 506. The summed E-state index contributed by atoms with van der Waals surface area (Å²) < 4.78 is 1.81. The van der Waals surface area contributed by atoms with Crippen LogP contribution in [0.5, 0.6) is 0 Å². The Kier molecular flexibility index (Phi) is 3.00. The van der Waals surface area contributed by atoms with Crippen molar-refractivity contribution in [3.8, 4) is 5.69 Å². The van der Waals surface area contributed by atoms with E-state index < -0.39 is 0 Å². The van der Waals surface area contributed by atoms with Gasteiger partial charge in [0, 0.05) is 6.04 Å². The molecule has 0 saturated heterocycles. The van der Waals surface area contributed by atoms with Gasteiger partial charge in [-0.2, -0.15) is 0 Å². The standard InChI is InChI=1S/C14H18N4/c1-11-6-7-12(10-11)16-13-4-2-3-5-14(13)18-9-8-15-17-18/h2-5,8-9,11-12,16H,6-7,10H2,1H3. The Morgan fingerprint density at radius 2 is 2.17 bits per heavy atom. The molecule has 0 radical (unpaired) electrons. The van der Waals surface area contributed by atoms with Gasteiger partial charge in [-0.1, -0.05) is 24.3 Å². The van der Waals surface area contributed by atoms with E-state index in [9.17, 15) is 0 Å². The van der Waals surface area contributed by atoms with Crippen molar-refractivity contribution in [2.75, 3.05) is 5.32 Å². The SMILES string of the molecule is CC1CCC(Nc2ccccc2-n2ccnn2)C1. The number of para-hydroxylation sites is 2. The van der Waals surface area contributed by atoms with Gasteiger partial charge in [0.1, 0.15) is 0 Å². The molecule has 1 saturated carbocycles. The van der Waals surface area contributed by atoms with Crippen molar-refractivity contribution in [2.24, 2.45) is 5.92 Å². The van der Waals surface area contributed by atoms with Crippen LogP contribution in [0.4, 0.5) is 5.69 Å². The Labute approximate surface area is 107 Å². The first-order valence-corrected chi connectivity index (χ1v) is 6.55. The van der Waals surface area contributed by atoms with E-state index in [1.807, 2.05) is 12.3 Å². The molecule has 4 heteroatoms. The topological polar surface area (TPSA) is 42.7 Å². The van der Waals surface area contributed by atoms with E-state index in [-0.39, 0.29) is 0 Å². The zero-order valence-corrected chi connectivity index (χ0v) is 10.6. The van der Waals surface area contributed by atoms with Gasteiger partial charge >= 0.3 is 0 Å². The van der Waals surface area contributed by atoms with Gasteiger partial charge < -0.3 is 5.32 Å². The zero-order chi connectivity index (χ0) is 12.4. The van der Waals surface area contributed by atoms with Gasteiger partial charge in [0.25, 0.3) is 0 Å². The lowest BCUT2D eigenvalue weighted by molar-refractivity contribution is 0.602. The minimum atomic E-state index is 0.588. The minimum Gasteiger partial charge on any atom is -0.381 e. The van der Waals surface area contributed by atoms with E-state index in [0.29, 0.717) is 6.04 Å². The second-order valence-corrected chi connectivity index (χ2v) is 5.12. The van der Waals surface area contributed by atoms with Crippen LogP contribution in [0.15, 0.2) is 36.7 Å². The third-order valence-corrected chi connectivity index (χ3v) is 3.63. The fourth-order valence-corrected chi connectivity index (χ4v) is 2.69. The second-order valence-electron chi connectivity index (χ2n) is 5.12. The molecule has 4 nitrogen and oxygen atoms in total. The first kappa shape index (κ1) is 11.3. The fraction of sp³-hybridized carbons (Fsp3) is 0.429. The molecule has 18 heavy (non-hydrogen) atoms. The molecule has 1 aliphatic carbocycles. The largest absolute Gasteiger partial charge is 0.381 e. The van der Waals surface area contributed by atoms with Gasteiger partial charge in [-0.25, -0.2) is 4.68 Å². The zero-order valence-electron chi connectivity index (χ0n) is 10.6. The molecule has 0 amide bonds. The van der Waals surface area contributed by atoms with Gasteiger partial charge in [0.15, 0.2) is 0 Å². The first-order valence-electron chi connectivity index (χ1n) is 6.55. The number of anilines is 1. The molecule has 1 fully saturated rings. The van der Waals surface area contributed by atoms with Crippen molar-refractivity contribution in [3.05, 3.63) is 36.7 Å². The maximum atomic E-state index is 4.06. The molecule has 1 heterocycles. The molecule has 0 bridgehead atoms. The van der Waals surface area contributed by atoms with E-state index >= 15 is 0 Å². The van der Waals surface area contributed by atoms with Crippen LogP contribution in [-0.2, 0) is 0 Å². The molecule has 94 valence electrons. The summed E-state index contributed by atoms with van der Waals surface area (Å²) in [5.74, 6) is 0.834. The number of hydrogen-bond donors (Lipinski definition) is 1. The van der Waals surface area contributed by atoms with Crippen LogP contribution in [0.3, 0.4) is 0 Å². The van der Waals surface area contributed by atoms with Crippen molar-refractivity contribution in [1.82, 2.24) is 15.0 Å². The molecule has 1 aliphatic rings. The van der Waals surface area contributed by atoms with Gasteiger partial charge in [-0.3, -0.25) is 0 Å². The van der Waals surface area contributed by atoms with Gasteiger partial charge in [0.05, 0.1) is 23.8 Å². The molecule has 0 spiro atoms. The van der Waals surface area contributed by atoms with Gasteiger partial charge in [-0.15, -0.1) is 5.10 Å². The van der Waals surface area contributed by atoms with E-state index in [4.69, 9.17) is 0 Å². The lowest BCUT2D eigenvalue weighted by Crippen LogP contribution is -2.16. The lowest BCUT2D eigenvalue weighted by Gasteiger charge is -2.17. The molecule has 2 atom stereocenters. The normalized spacial score (nSPS) is 23.2. The van der Waals surface area contributed by atoms with Crippen molar-refractivity contribution in [1.29, 1.82) is 0 Å². The smallest absolute Gasteiger partial charge is 0.0894 e. The molecule has 2 unspecified atom stereocenters. The number of nitrogens with zero attached hydrogens (tertiary/aromatic N) is 3. The molecule has 3 rings (SSSR count). The summed E-state index contributed by atoms with van der Waals surface area (Å²) in [6.07, 6.45) is 7.41. The van der Waals surface area contributed by atoms with Crippen molar-refractivity contribution in [3.63, 3.8) is 0 Å². The molecular formula is C14H18N4. The summed E-state index contributed by atoms with van der Waals surface area (Å²) >= 11 is 0. The van der Waals surface area contributed by atoms with E-state index in [1.54, 1.807) is 10.9 Å². The lowest BCUT2D eigenvalue weighted by atomic mass is 10.1. The molecule has 1 aromatic carbocycles. The van der Waals surface area contributed by atoms with Crippen LogP contribution in [0, 0.1) is 5.92 Å². The van der Waals surface area contributed by atoms with Gasteiger partial charge in [-0.05, 0) is 37.3 Å². The number of nitrogens with one attached hydrogen (secondary N) is 1. The van der Waals surface area contributed by atoms with E-state index in [1.165, 1.54) is 19.3 Å². The van der Waals surface area contributed by atoms with Crippen LogP contribution in [0.2, 0.25) is 0 Å². The quantitative estimate of drug-likeness (QED) is 0.900. The Balaban J connectivity index is 1.84. The monoisotopic (exact) mass is 242 g/mol. The summed E-state index contributed by atoms with van der Waals surface area (Å²) in [4.78, 5) is 0. The average molecular weight is 242 g/mol. The highest BCUT2D eigenvalue weighted by Gasteiger charge is 2.21. The summed E-state index contributed by atoms with van der Waals surface area (Å²) in [6, 6.07) is 8.85. The summed E-state index contributed by atoms with van der Waals surface area (Å²) in [5, 5.41) is 11.6. The number of hydrogen-bond acceptors (Lipinski definition) is 3. The Morgan fingerprint density at radius 3 is 2.89 bits per heavy atom. The Morgan fingerprint density at radius 1 is 1.28 bits per heavy atom. The predicted molar refractivity (Wildman–Crippen MR) is 71.8 cm³/mol. The summed E-state index contributed by atoms with van der Waals surface area (Å²) in [5.41, 5.74) is 2.21. The molecule has 1 N–H and O–H groups in total. The highest BCUT2D eigenvalue weighted by molar-refractivity contribution is 5.61. The molecule has 0 aliphatic heterocycles. The minimum absolute atomic E-state index is 0.588.